The second-order valence-corrected chi connectivity index (χ2v) is 16.9. The van der Waals surface area contributed by atoms with Crippen LogP contribution in [0.1, 0.15) is 36.7 Å². The number of esters is 1. The molecule has 1 aliphatic rings. The van der Waals surface area contributed by atoms with E-state index in [4.69, 9.17) is 18.6 Å². The molecular formula is C37H41N3O6Si. The number of benzene rings is 4. The van der Waals surface area contributed by atoms with E-state index in [0.29, 0.717) is 12.0 Å². The van der Waals surface area contributed by atoms with Gasteiger partial charge in [0, 0.05) is 4.91 Å². The third-order valence-corrected chi connectivity index (χ3v) is 13.5. The average Bonchev–Trinajstić information content (AvgIpc) is 3.09. The number of hydrogen-bond acceptors (Lipinski definition) is 7. The molecule has 244 valence electrons. The van der Waals surface area contributed by atoms with Crippen LogP contribution >= 0.6 is 0 Å². The van der Waals surface area contributed by atoms with Crippen LogP contribution in [0.5, 0.6) is 0 Å². The highest BCUT2D eigenvalue weighted by Gasteiger charge is 2.53. The number of nitrogens with zero attached hydrogens (tertiary/aromatic N) is 3. The molecule has 5 atom stereocenters. The molecule has 1 unspecified atom stereocenters. The third-order valence-electron chi connectivity index (χ3n) is 8.48. The maximum atomic E-state index is 13.3. The Bertz CT molecular complexity index is 1580. The number of hydrogen-bond donors (Lipinski definition) is 1. The molecule has 0 saturated carbocycles. The van der Waals surface area contributed by atoms with Crippen LogP contribution in [-0.2, 0) is 25.1 Å². The Hall–Kier alpha value is -4.28. The Morgan fingerprint density at radius 2 is 1.40 bits per heavy atom. The molecule has 0 amide bonds. The van der Waals surface area contributed by atoms with E-state index in [0.717, 1.165) is 15.9 Å². The average molecular weight is 652 g/mol. The van der Waals surface area contributed by atoms with Gasteiger partial charge in [-0.2, -0.15) is 0 Å². The van der Waals surface area contributed by atoms with Crippen LogP contribution in [0.3, 0.4) is 0 Å². The lowest BCUT2D eigenvalue weighted by Gasteiger charge is -2.46. The van der Waals surface area contributed by atoms with Gasteiger partial charge in [0.25, 0.3) is 8.32 Å². The molecule has 4 aromatic carbocycles. The zero-order valence-corrected chi connectivity index (χ0v) is 27.9. The molecule has 4 aromatic rings. The summed E-state index contributed by atoms with van der Waals surface area (Å²) in [5, 5.41) is 17.5. The second kappa shape index (κ2) is 15.5. The van der Waals surface area contributed by atoms with Gasteiger partial charge in [0.15, 0.2) is 6.29 Å². The predicted molar refractivity (Wildman–Crippen MR) is 183 cm³/mol. The van der Waals surface area contributed by atoms with Crippen molar-refractivity contribution in [2.75, 3.05) is 13.2 Å². The van der Waals surface area contributed by atoms with Gasteiger partial charge in [-0.3, -0.25) is 0 Å². The molecule has 0 aromatic heterocycles. The van der Waals surface area contributed by atoms with Gasteiger partial charge in [-0.25, -0.2) is 4.79 Å². The van der Waals surface area contributed by atoms with Crippen LogP contribution in [0, 0.1) is 0 Å². The normalized spacial score (nSPS) is 21.4. The monoisotopic (exact) mass is 651 g/mol. The van der Waals surface area contributed by atoms with E-state index < -0.39 is 44.9 Å². The van der Waals surface area contributed by atoms with Gasteiger partial charge in [0.05, 0.1) is 18.8 Å². The zero-order chi connectivity index (χ0) is 33.3. The summed E-state index contributed by atoms with van der Waals surface area (Å²) >= 11 is 0. The standard InChI is InChI=1S/C37H41N3O6Si/c1-37(2,3)47(29-20-12-6-13-21-29,30-22-14-7-15-23-30)44-26-31-33(41)34(46-35(42)28-18-10-5-11-19-28)32(39-40-38)36(45-31)43-25-24-27-16-8-4-9-17-27/h4-23,31-34,36,41H,24-26H2,1-3H3/t31-,32-,33-,34-,36?/m1/s1. The van der Waals surface area contributed by atoms with Crippen LogP contribution in [-0.4, -0.2) is 63.3 Å². The van der Waals surface area contributed by atoms with Crippen molar-refractivity contribution in [3.63, 3.8) is 0 Å². The summed E-state index contributed by atoms with van der Waals surface area (Å²) in [6, 6.07) is 37.4. The van der Waals surface area contributed by atoms with E-state index in [9.17, 15) is 15.4 Å². The summed E-state index contributed by atoms with van der Waals surface area (Å²) in [7, 11) is -3.01. The molecule has 0 aliphatic carbocycles. The molecule has 1 aliphatic heterocycles. The number of carbonyl (C=O) groups excluding carboxylic acids is 1. The van der Waals surface area contributed by atoms with Crippen molar-refractivity contribution in [1.82, 2.24) is 0 Å². The highest BCUT2D eigenvalue weighted by molar-refractivity contribution is 6.99. The minimum absolute atomic E-state index is 0.0324. The van der Waals surface area contributed by atoms with Crippen LogP contribution in [0.15, 0.2) is 126 Å². The number of azide groups is 1. The zero-order valence-electron chi connectivity index (χ0n) is 26.9. The van der Waals surface area contributed by atoms with Gasteiger partial charge >= 0.3 is 5.97 Å². The molecule has 10 heteroatoms. The molecular weight excluding hydrogens is 611 g/mol. The van der Waals surface area contributed by atoms with Crippen molar-refractivity contribution < 1.29 is 28.5 Å². The highest BCUT2D eigenvalue weighted by atomic mass is 28.4. The number of rotatable bonds is 12. The van der Waals surface area contributed by atoms with E-state index in [1.54, 1.807) is 30.3 Å². The molecule has 9 nitrogen and oxygen atoms in total. The molecule has 0 spiro atoms. The predicted octanol–water partition coefficient (Wildman–Crippen LogP) is 5.81. The Labute approximate surface area is 276 Å². The fraction of sp³-hybridized carbons (Fsp3) is 0.324. The molecule has 1 N–H and O–H groups in total. The van der Waals surface area contributed by atoms with Gasteiger partial charge in [-0.15, -0.1) is 0 Å². The number of ether oxygens (including phenoxy) is 3. The summed E-state index contributed by atoms with van der Waals surface area (Å²) in [6.07, 6.45) is -4.16. The summed E-state index contributed by atoms with van der Waals surface area (Å²) < 4.78 is 25.5. The topological polar surface area (TPSA) is 123 Å². The molecule has 1 saturated heterocycles. The van der Waals surface area contributed by atoms with Gasteiger partial charge in [-0.05, 0) is 45.1 Å². The fourth-order valence-electron chi connectivity index (χ4n) is 6.17. The van der Waals surface area contributed by atoms with Crippen LogP contribution in [0.25, 0.3) is 10.4 Å². The van der Waals surface area contributed by atoms with Crippen LogP contribution in [0.4, 0.5) is 0 Å². The highest BCUT2D eigenvalue weighted by Crippen LogP contribution is 2.38. The quantitative estimate of drug-likeness (QED) is 0.0678. The smallest absolute Gasteiger partial charge is 0.338 e. The van der Waals surface area contributed by atoms with Gasteiger partial charge < -0.3 is 23.7 Å². The Kier molecular flexibility index (Phi) is 11.3. The van der Waals surface area contributed by atoms with E-state index in [1.165, 1.54) is 0 Å². The van der Waals surface area contributed by atoms with Crippen LogP contribution < -0.4 is 10.4 Å². The SMILES string of the molecule is CC(C)(C)[Si](OC[C@H]1OC(OCCc2ccccc2)[C@H](N=[N+]=[N-])[C@@H](OC(=O)c2ccccc2)[C@@H]1O)(c1ccccc1)c1ccccc1. The minimum Gasteiger partial charge on any atom is -0.455 e. The second-order valence-electron chi connectivity index (χ2n) is 12.5. The van der Waals surface area contributed by atoms with Crippen molar-refractivity contribution in [2.45, 2.75) is 62.9 Å². The summed E-state index contributed by atoms with van der Waals surface area (Å²) in [6.45, 7) is 6.69. The molecule has 0 radical (unpaired) electrons. The van der Waals surface area contributed by atoms with Gasteiger partial charge in [0.2, 0.25) is 0 Å². The van der Waals surface area contributed by atoms with Crippen molar-refractivity contribution in [1.29, 1.82) is 0 Å². The molecule has 47 heavy (non-hydrogen) atoms. The first-order valence-corrected chi connectivity index (χ1v) is 17.7. The van der Waals surface area contributed by atoms with Crippen molar-refractivity contribution >= 4 is 24.7 Å². The lowest BCUT2D eigenvalue weighted by Crippen LogP contribution is -2.68. The van der Waals surface area contributed by atoms with Crippen molar-refractivity contribution in [3.8, 4) is 0 Å². The lowest BCUT2D eigenvalue weighted by atomic mass is 9.97. The minimum atomic E-state index is -3.01. The lowest BCUT2D eigenvalue weighted by molar-refractivity contribution is -0.263. The molecule has 0 bridgehead atoms. The van der Waals surface area contributed by atoms with Gasteiger partial charge in [0.1, 0.15) is 24.4 Å². The maximum absolute atomic E-state index is 13.3. The van der Waals surface area contributed by atoms with E-state index >= 15 is 0 Å². The van der Waals surface area contributed by atoms with Crippen molar-refractivity contribution in [2.24, 2.45) is 5.11 Å². The van der Waals surface area contributed by atoms with E-state index in [2.05, 4.69) is 55.1 Å². The first kappa shape index (κ1) is 34.1. The number of aliphatic hydroxyl groups is 1. The summed E-state index contributed by atoms with van der Waals surface area (Å²) in [5.41, 5.74) is 10.9. The Morgan fingerprint density at radius 1 is 0.872 bits per heavy atom. The summed E-state index contributed by atoms with van der Waals surface area (Å²) in [4.78, 5) is 16.3. The maximum Gasteiger partial charge on any atom is 0.338 e. The summed E-state index contributed by atoms with van der Waals surface area (Å²) in [5.74, 6) is -0.663. The fourth-order valence-corrected chi connectivity index (χ4v) is 10.7. The third kappa shape index (κ3) is 7.82. The molecule has 1 heterocycles. The first-order chi connectivity index (χ1) is 22.7. The Balaban J connectivity index is 1.48. The van der Waals surface area contributed by atoms with Gasteiger partial charge in [-0.1, -0.05) is 135 Å². The van der Waals surface area contributed by atoms with Crippen molar-refractivity contribution in [3.05, 3.63) is 143 Å². The van der Waals surface area contributed by atoms with Crippen LogP contribution in [0.2, 0.25) is 5.04 Å². The number of aliphatic hydroxyl groups excluding tert-OH is 1. The van der Waals surface area contributed by atoms with E-state index in [-0.39, 0.29) is 18.3 Å². The molecule has 5 rings (SSSR count). The number of carbonyl (C=O) groups is 1. The van der Waals surface area contributed by atoms with E-state index in [1.807, 2.05) is 66.7 Å². The first-order valence-electron chi connectivity index (χ1n) is 15.8. The largest absolute Gasteiger partial charge is 0.455 e. The molecule has 1 fully saturated rings. The Morgan fingerprint density at radius 3 is 1.94 bits per heavy atom.